The van der Waals surface area contributed by atoms with Crippen LogP contribution in [0.15, 0.2) is 24.3 Å². The molecule has 1 saturated carbocycles. The highest BCUT2D eigenvalue weighted by atomic mass is 19.1. The average Bonchev–Trinajstić information content (AvgIpc) is 2.16. The van der Waals surface area contributed by atoms with Crippen molar-refractivity contribution in [3.63, 3.8) is 0 Å². The normalized spacial score (nSPS) is 18.5. The number of hydrogen-bond donors (Lipinski definition) is 1. The first-order valence-electron chi connectivity index (χ1n) is 5.75. The SMILES string of the molecule is NCCC(F)c1cccc(C2CCC2)c1. The molecular weight excluding hydrogens is 189 g/mol. The number of alkyl halides is 1. The molecule has 82 valence electrons. The van der Waals surface area contributed by atoms with Crippen LogP contribution in [0.5, 0.6) is 0 Å². The van der Waals surface area contributed by atoms with Crippen LogP contribution in [0.2, 0.25) is 0 Å². The molecule has 0 bridgehead atoms. The van der Waals surface area contributed by atoms with Crippen molar-refractivity contribution in [2.24, 2.45) is 5.73 Å². The van der Waals surface area contributed by atoms with Gasteiger partial charge in [-0.15, -0.1) is 0 Å². The third-order valence-electron chi connectivity index (χ3n) is 3.27. The highest BCUT2D eigenvalue weighted by molar-refractivity contribution is 5.29. The Hall–Kier alpha value is -0.890. The van der Waals surface area contributed by atoms with Crippen LogP contribution in [-0.2, 0) is 0 Å². The van der Waals surface area contributed by atoms with E-state index >= 15 is 0 Å². The summed E-state index contributed by atoms with van der Waals surface area (Å²) in [5, 5.41) is 0. The van der Waals surface area contributed by atoms with Crippen molar-refractivity contribution < 1.29 is 4.39 Å². The summed E-state index contributed by atoms with van der Waals surface area (Å²) in [6, 6.07) is 7.96. The van der Waals surface area contributed by atoms with Gasteiger partial charge >= 0.3 is 0 Å². The second-order valence-electron chi connectivity index (χ2n) is 4.34. The van der Waals surface area contributed by atoms with E-state index in [0.717, 1.165) is 5.56 Å². The minimum absolute atomic E-state index is 0.412. The molecule has 1 fully saturated rings. The molecule has 2 rings (SSSR count). The Morgan fingerprint density at radius 1 is 1.40 bits per heavy atom. The maximum absolute atomic E-state index is 13.6. The molecule has 0 spiro atoms. The lowest BCUT2D eigenvalue weighted by Gasteiger charge is -2.26. The maximum atomic E-state index is 13.6. The summed E-state index contributed by atoms with van der Waals surface area (Å²) in [6.45, 7) is 0.412. The monoisotopic (exact) mass is 207 g/mol. The van der Waals surface area contributed by atoms with Crippen molar-refractivity contribution in [2.45, 2.75) is 37.8 Å². The lowest BCUT2D eigenvalue weighted by atomic mass is 9.79. The largest absolute Gasteiger partial charge is 0.330 e. The molecule has 1 aromatic rings. The molecule has 1 aliphatic carbocycles. The van der Waals surface area contributed by atoms with Crippen LogP contribution in [-0.4, -0.2) is 6.54 Å². The van der Waals surface area contributed by atoms with E-state index in [2.05, 4.69) is 6.07 Å². The van der Waals surface area contributed by atoms with Crippen LogP contribution in [0.25, 0.3) is 0 Å². The van der Waals surface area contributed by atoms with E-state index in [0.29, 0.717) is 18.9 Å². The van der Waals surface area contributed by atoms with Gasteiger partial charge in [-0.3, -0.25) is 0 Å². The summed E-state index contributed by atoms with van der Waals surface area (Å²) in [4.78, 5) is 0. The molecule has 0 aliphatic heterocycles. The van der Waals surface area contributed by atoms with Crippen molar-refractivity contribution in [3.05, 3.63) is 35.4 Å². The first-order chi connectivity index (χ1) is 7.31. The molecule has 0 aromatic heterocycles. The Bertz CT molecular complexity index is 320. The van der Waals surface area contributed by atoms with Crippen molar-refractivity contribution in [1.29, 1.82) is 0 Å². The number of nitrogens with two attached hydrogens (primary N) is 1. The third-order valence-corrected chi connectivity index (χ3v) is 3.27. The van der Waals surface area contributed by atoms with Crippen LogP contribution >= 0.6 is 0 Å². The Kier molecular flexibility index (Phi) is 3.37. The van der Waals surface area contributed by atoms with Crippen LogP contribution in [0, 0.1) is 0 Å². The first-order valence-corrected chi connectivity index (χ1v) is 5.75. The van der Waals surface area contributed by atoms with Crippen LogP contribution in [0.1, 0.15) is 48.9 Å². The number of benzene rings is 1. The molecule has 1 atom stereocenters. The van der Waals surface area contributed by atoms with E-state index in [1.807, 2.05) is 18.2 Å². The van der Waals surface area contributed by atoms with Gasteiger partial charge in [0.05, 0.1) is 0 Å². The van der Waals surface area contributed by atoms with Gasteiger partial charge in [-0.05, 0) is 42.9 Å². The predicted molar refractivity (Wildman–Crippen MR) is 60.6 cm³/mol. The zero-order chi connectivity index (χ0) is 10.7. The summed E-state index contributed by atoms with van der Waals surface area (Å²) in [7, 11) is 0. The molecule has 15 heavy (non-hydrogen) atoms. The summed E-state index contributed by atoms with van der Waals surface area (Å²) in [6.07, 6.45) is 3.37. The van der Waals surface area contributed by atoms with Crippen molar-refractivity contribution >= 4 is 0 Å². The van der Waals surface area contributed by atoms with Gasteiger partial charge < -0.3 is 5.73 Å². The zero-order valence-electron chi connectivity index (χ0n) is 8.95. The summed E-state index contributed by atoms with van der Waals surface area (Å²) in [5.41, 5.74) is 7.46. The highest BCUT2D eigenvalue weighted by Crippen LogP contribution is 2.37. The van der Waals surface area contributed by atoms with Crippen molar-refractivity contribution in [1.82, 2.24) is 0 Å². The molecule has 0 radical (unpaired) electrons. The minimum atomic E-state index is -0.893. The quantitative estimate of drug-likeness (QED) is 0.805. The van der Waals surface area contributed by atoms with E-state index in [4.69, 9.17) is 5.73 Å². The summed E-state index contributed by atoms with van der Waals surface area (Å²) < 4.78 is 13.6. The van der Waals surface area contributed by atoms with Crippen LogP contribution < -0.4 is 5.73 Å². The Morgan fingerprint density at radius 3 is 2.80 bits per heavy atom. The van der Waals surface area contributed by atoms with Crippen LogP contribution in [0.4, 0.5) is 4.39 Å². The molecule has 1 nitrogen and oxygen atoms in total. The molecule has 2 N–H and O–H groups in total. The van der Waals surface area contributed by atoms with E-state index in [1.165, 1.54) is 24.8 Å². The molecule has 1 unspecified atom stereocenters. The molecule has 2 heteroatoms. The van der Waals surface area contributed by atoms with Gasteiger partial charge in [0.25, 0.3) is 0 Å². The fourth-order valence-electron chi connectivity index (χ4n) is 2.06. The fraction of sp³-hybridized carbons (Fsp3) is 0.538. The van der Waals surface area contributed by atoms with Gasteiger partial charge in [0.15, 0.2) is 0 Å². The maximum Gasteiger partial charge on any atom is 0.126 e. The Morgan fingerprint density at radius 2 is 2.20 bits per heavy atom. The third kappa shape index (κ3) is 2.37. The second-order valence-corrected chi connectivity index (χ2v) is 4.34. The smallest absolute Gasteiger partial charge is 0.126 e. The lowest BCUT2D eigenvalue weighted by Crippen LogP contribution is -2.09. The molecule has 0 amide bonds. The standard InChI is InChI=1S/C13H18FN/c14-13(7-8-15)12-6-2-5-11(9-12)10-3-1-4-10/h2,5-6,9-10,13H,1,3-4,7-8,15H2. The van der Waals surface area contributed by atoms with Gasteiger partial charge in [0, 0.05) is 0 Å². The van der Waals surface area contributed by atoms with E-state index in [-0.39, 0.29) is 0 Å². The average molecular weight is 207 g/mol. The van der Waals surface area contributed by atoms with Gasteiger partial charge in [-0.2, -0.15) is 0 Å². The number of halogens is 1. The fourth-order valence-corrected chi connectivity index (χ4v) is 2.06. The summed E-state index contributed by atoms with van der Waals surface area (Å²) >= 11 is 0. The lowest BCUT2D eigenvalue weighted by molar-refractivity contribution is 0.327. The zero-order valence-corrected chi connectivity index (χ0v) is 8.95. The van der Waals surface area contributed by atoms with E-state index < -0.39 is 6.17 Å². The minimum Gasteiger partial charge on any atom is -0.330 e. The van der Waals surface area contributed by atoms with Gasteiger partial charge in [-0.25, -0.2) is 4.39 Å². The Balaban J connectivity index is 2.10. The molecule has 0 saturated heterocycles. The van der Waals surface area contributed by atoms with Crippen molar-refractivity contribution in [3.8, 4) is 0 Å². The molecular formula is C13H18FN. The highest BCUT2D eigenvalue weighted by Gasteiger charge is 2.20. The second kappa shape index (κ2) is 4.75. The van der Waals surface area contributed by atoms with Gasteiger partial charge in [0.1, 0.15) is 6.17 Å². The van der Waals surface area contributed by atoms with Crippen molar-refractivity contribution in [2.75, 3.05) is 6.54 Å². The summed E-state index contributed by atoms with van der Waals surface area (Å²) in [5.74, 6) is 0.676. The molecule has 1 aliphatic rings. The van der Waals surface area contributed by atoms with Gasteiger partial charge in [0.2, 0.25) is 0 Å². The van der Waals surface area contributed by atoms with E-state index in [9.17, 15) is 4.39 Å². The molecule has 0 heterocycles. The topological polar surface area (TPSA) is 26.0 Å². The van der Waals surface area contributed by atoms with Crippen LogP contribution in [0.3, 0.4) is 0 Å². The Labute approximate surface area is 90.5 Å². The number of hydrogen-bond acceptors (Lipinski definition) is 1. The predicted octanol–water partition coefficient (Wildman–Crippen LogP) is 3.31. The number of rotatable bonds is 4. The first kappa shape index (κ1) is 10.6. The van der Waals surface area contributed by atoms with E-state index in [1.54, 1.807) is 0 Å². The molecule has 1 aromatic carbocycles. The van der Waals surface area contributed by atoms with Gasteiger partial charge in [-0.1, -0.05) is 30.7 Å².